The van der Waals surface area contributed by atoms with Gasteiger partial charge >= 0.3 is 0 Å². The van der Waals surface area contributed by atoms with E-state index in [-0.39, 0.29) is 11.7 Å². The van der Waals surface area contributed by atoms with E-state index in [2.05, 4.69) is 24.3 Å². The minimum Gasteiger partial charge on any atom is -0.507 e. The molecule has 0 saturated heterocycles. The normalized spacial score (nSPS) is 16.4. The monoisotopic (exact) mass is 433 g/mol. The summed E-state index contributed by atoms with van der Waals surface area (Å²) in [7, 11) is 0. The third kappa shape index (κ3) is 3.26. The van der Waals surface area contributed by atoms with E-state index in [9.17, 15) is 9.90 Å². The summed E-state index contributed by atoms with van der Waals surface area (Å²) in [5.41, 5.74) is 6.83. The zero-order valence-corrected chi connectivity index (χ0v) is 18.1. The van der Waals surface area contributed by atoms with Gasteiger partial charge < -0.3 is 14.7 Å². The number of benzene rings is 4. The van der Waals surface area contributed by atoms with Gasteiger partial charge in [-0.05, 0) is 39.9 Å². The van der Waals surface area contributed by atoms with Crippen molar-refractivity contribution >= 4 is 11.6 Å². The first-order valence-corrected chi connectivity index (χ1v) is 11.2. The molecule has 4 aromatic rings. The van der Waals surface area contributed by atoms with Gasteiger partial charge in [0, 0.05) is 23.7 Å². The topological polar surface area (TPSA) is 49.8 Å². The number of phenolic OH excluding ortho intramolecular Hbond substituents is 1. The number of carbonyl (C=O) groups is 1. The van der Waals surface area contributed by atoms with Crippen molar-refractivity contribution in [3.63, 3.8) is 0 Å². The lowest BCUT2D eigenvalue weighted by Crippen LogP contribution is -2.29. The smallest absolute Gasteiger partial charge is 0.239 e. The van der Waals surface area contributed by atoms with E-state index < -0.39 is 5.92 Å². The molecule has 4 nitrogen and oxygen atoms in total. The molecule has 0 radical (unpaired) electrons. The van der Waals surface area contributed by atoms with Crippen LogP contribution in [0.2, 0.25) is 0 Å². The van der Waals surface area contributed by atoms with Crippen LogP contribution < -0.4 is 9.64 Å². The van der Waals surface area contributed by atoms with Crippen molar-refractivity contribution in [1.29, 1.82) is 0 Å². The predicted molar refractivity (Wildman–Crippen MR) is 129 cm³/mol. The molecule has 0 saturated carbocycles. The Balaban J connectivity index is 1.42. The van der Waals surface area contributed by atoms with Gasteiger partial charge in [0.2, 0.25) is 5.91 Å². The highest BCUT2D eigenvalue weighted by molar-refractivity contribution is 6.07. The Morgan fingerprint density at radius 3 is 2.52 bits per heavy atom. The molecule has 33 heavy (non-hydrogen) atoms. The van der Waals surface area contributed by atoms with E-state index in [1.807, 2.05) is 65.6 Å². The molecular weight excluding hydrogens is 410 g/mol. The summed E-state index contributed by atoms with van der Waals surface area (Å²) in [6.45, 7) is 1.07. The van der Waals surface area contributed by atoms with Crippen LogP contribution in [0, 0.1) is 0 Å². The van der Waals surface area contributed by atoms with E-state index >= 15 is 0 Å². The molecule has 162 valence electrons. The summed E-state index contributed by atoms with van der Waals surface area (Å²) in [4.78, 5) is 15.7. The standard InChI is InChI=1S/C29H23NO3/c31-26-17-27-20(14-15-33-27)16-24(26)28-23-12-6-7-13-25(23)30(29(28)32)18-21-10-4-5-11-22(21)19-8-2-1-3-9-19/h1-13,16-17,28,31H,14-15,18H2. The lowest BCUT2D eigenvalue weighted by Gasteiger charge is -2.21. The van der Waals surface area contributed by atoms with Gasteiger partial charge in [-0.1, -0.05) is 72.8 Å². The van der Waals surface area contributed by atoms with Gasteiger partial charge in [0.15, 0.2) is 0 Å². The SMILES string of the molecule is O=C1C(c2cc3c(cc2O)OCC3)c2ccccc2N1Cc1ccccc1-c1ccccc1. The van der Waals surface area contributed by atoms with Crippen molar-refractivity contribution in [2.45, 2.75) is 18.9 Å². The molecule has 1 atom stereocenters. The number of carbonyl (C=O) groups excluding carboxylic acids is 1. The van der Waals surface area contributed by atoms with Crippen molar-refractivity contribution in [2.75, 3.05) is 11.5 Å². The van der Waals surface area contributed by atoms with Gasteiger partial charge in [-0.2, -0.15) is 0 Å². The van der Waals surface area contributed by atoms with Crippen LogP contribution in [-0.2, 0) is 17.8 Å². The number of phenols is 1. The lowest BCUT2D eigenvalue weighted by atomic mass is 9.90. The van der Waals surface area contributed by atoms with Crippen LogP contribution in [0.25, 0.3) is 11.1 Å². The van der Waals surface area contributed by atoms with Crippen LogP contribution in [0.3, 0.4) is 0 Å². The summed E-state index contributed by atoms with van der Waals surface area (Å²) in [6, 6.07) is 29.9. The molecule has 4 aromatic carbocycles. The highest BCUT2D eigenvalue weighted by Gasteiger charge is 2.40. The molecule has 2 aliphatic heterocycles. The molecule has 2 aliphatic rings. The first-order valence-electron chi connectivity index (χ1n) is 11.2. The number of nitrogens with zero attached hydrogens (tertiary/aromatic N) is 1. The number of hydrogen-bond acceptors (Lipinski definition) is 3. The fraction of sp³-hybridized carbons (Fsp3) is 0.138. The molecule has 4 heteroatoms. The fourth-order valence-electron chi connectivity index (χ4n) is 5.04. The Morgan fingerprint density at radius 2 is 1.64 bits per heavy atom. The second-order valence-electron chi connectivity index (χ2n) is 8.56. The number of hydrogen-bond donors (Lipinski definition) is 1. The first kappa shape index (κ1) is 19.6. The molecule has 0 aliphatic carbocycles. The van der Waals surface area contributed by atoms with Crippen LogP contribution in [0.15, 0.2) is 91.0 Å². The Morgan fingerprint density at radius 1 is 0.879 bits per heavy atom. The van der Waals surface area contributed by atoms with Crippen molar-refractivity contribution in [3.05, 3.63) is 113 Å². The number of rotatable bonds is 4. The number of amides is 1. The molecule has 0 bridgehead atoms. The lowest BCUT2D eigenvalue weighted by molar-refractivity contribution is -0.118. The van der Waals surface area contributed by atoms with Gasteiger partial charge in [0.05, 0.1) is 19.1 Å². The van der Waals surface area contributed by atoms with Crippen LogP contribution >= 0.6 is 0 Å². The Labute approximate surface area is 192 Å². The van der Waals surface area contributed by atoms with E-state index in [1.54, 1.807) is 6.07 Å². The number of fused-ring (bicyclic) bond motifs is 2. The zero-order valence-electron chi connectivity index (χ0n) is 18.1. The van der Waals surface area contributed by atoms with Gasteiger partial charge in [0.1, 0.15) is 11.5 Å². The Kier molecular flexibility index (Phi) is 4.65. The molecule has 1 N–H and O–H groups in total. The first-order chi connectivity index (χ1) is 16.2. The van der Waals surface area contributed by atoms with Crippen LogP contribution in [-0.4, -0.2) is 17.6 Å². The second-order valence-corrected chi connectivity index (χ2v) is 8.56. The van der Waals surface area contributed by atoms with E-state index in [1.165, 1.54) is 0 Å². The molecule has 0 spiro atoms. The highest BCUT2D eigenvalue weighted by atomic mass is 16.5. The second kappa shape index (κ2) is 7.82. The molecule has 1 amide bonds. The minimum atomic E-state index is -0.531. The molecule has 6 rings (SSSR count). The van der Waals surface area contributed by atoms with E-state index in [4.69, 9.17) is 4.74 Å². The molecule has 1 unspecified atom stereocenters. The minimum absolute atomic E-state index is 0.0202. The quantitative estimate of drug-likeness (QED) is 0.451. The number of aromatic hydroxyl groups is 1. The Hall–Kier alpha value is -4.05. The predicted octanol–water partition coefficient (Wildman–Crippen LogP) is 5.67. The number of anilines is 1. The third-order valence-electron chi connectivity index (χ3n) is 6.63. The Bertz CT molecular complexity index is 1360. The summed E-state index contributed by atoms with van der Waals surface area (Å²) < 4.78 is 5.59. The van der Waals surface area contributed by atoms with Crippen molar-refractivity contribution in [1.82, 2.24) is 0 Å². The third-order valence-corrected chi connectivity index (χ3v) is 6.63. The molecule has 0 fully saturated rings. The average Bonchev–Trinajstić information content (AvgIpc) is 3.41. The van der Waals surface area contributed by atoms with Crippen LogP contribution in [0.5, 0.6) is 11.5 Å². The molecule has 0 aromatic heterocycles. The van der Waals surface area contributed by atoms with Crippen molar-refractivity contribution in [3.8, 4) is 22.6 Å². The largest absolute Gasteiger partial charge is 0.507 e. The van der Waals surface area contributed by atoms with Crippen LogP contribution in [0.4, 0.5) is 5.69 Å². The zero-order chi connectivity index (χ0) is 22.4. The van der Waals surface area contributed by atoms with E-state index in [0.29, 0.717) is 24.5 Å². The molecular formula is C29H23NO3. The van der Waals surface area contributed by atoms with Crippen molar-refractivity contribution < 1.29 is 14.6 Å². The average molecular weight is 434 g/mol. The van der Waals surface area contributed by atoms with Crippen LogP contribution in [0.1, 0.15) is 28.2 Å². The fourth-order valence-corrected chi connectivity index (χ4v) is 5.04. The van der Waals surface area contributed by atoms with Gasteiger partial charge in [0.25, 0.3) is 0 Å². The van der Waals surface area contributed by atoms with Crippen molar-refractivity contribution in [2.24, 2.45) is 0 Å². The summed E-state index contributed by atoms with van der Waals surface area (Å²) in [5.74, 6) is 0.267. The summed E-state index contributed by atoms with van der Waals surface area (Å²) in [5, 5.41) is 10.8. The highest BCUT2D eigenvalue weighted by Crippen LogP contribution is 2.46. The number of para-hydroxylation sites is 1. The van der Waals surface area contributed by atoms with Gasteiger partial charge in [-0.3, -0.25) is 4.79 Å². The maximum atomic E-state index is 13.9. The summed E-state index contributed by atoms with van der Waals surface area (Å²) >= 11 is 0. The van der Waals surface area contributed by atoms with Gasteiger partial charge in [-0.15, -0.1) is 0 Å². The van der Waals surface area contributed by atoms with Gasteiger partial charge in [-0.25, -0.2) is 0 Å². The number of ether oxygens (including phenoxy) is 1. The maximum absolute atomic E-state index is 13.9. The molecule has 2 heterocycles. The summed E-state index contributed by atoms with van der Waals surface area (Å²) in [6.07, 6.45) is 0.791. The maximum Gasteiger partial charge on any atom is 0.239 e. The van der Waals surface area contributed by atoms with E-state index in [0.717, 1.165) is 39.9 Å².